The summed E-state index contributed by atoms with van der Waals surface area (Å²) in [4.78, 5) is 0. The van der Waals surface area contributed by atoms with Gasteiger partial charge in [-0.3, -0.25) is 0 Å². The highest BCUT2D eigenvalue weighted by Crippen LogP contribution is 2.24. The SMILES string of the molecule is OC[C@H]1OC(Oc2ccc(I)cc2)[C@H](O)[C@@H](O)[C@H]1O. The molecular weight excluding hydrogens is 367 g/mol. The van der Waals surface area contributed by atoms with Crippen LogP contribution in [0.25, 0.3) is 0 Å². The van der Waals surface area contributed by atoms with Crippen molar-refractivity contribution in [3.05, 3.63) is 27.8 Å². The Morgan fingerprint density at radius 2 is 1.68 bits per heavy atom. The van der Waals surface area contributed by atoms with Crippen molar-refractivity contribution in [3.8, 4) is 5.75 Å². The monoisotopic (exact) mass is 382 g/mol. The Morgan fingerprint density at radius 3 is 2.26 bits per heavy atom. The summed E-state index contributed by atoms with van der Waals surface area (Å²) < 4.78 is 11.7. The van der Waals surface area contributed by atoms with Gasteiger partial charge in [-0.1, -0.05) is 0 Å². The molecule has 2 rings (SSSR count). The van der Waals surface area contributed by atoms with Gasteiger partial charge in [0.15, 0.2) is 0 Å². The maximum absolute atomic E-state index is 9.79. The van der Waals surface area contributed by atoms with E-state index in [0.717, 1.165) is 3.57 Å². The van der Waals surface area contributed by atoms with E-state index < -0.39 is 37.3 Å². The zero-order valence-electron chi connectivity index (χ0n) is 9.89. The van der Waals surface area contributed by atoms with Gasteiger partial charge in [0.25, 0.3) is 0 Å². The third kappa shape index (κ3) is 3.36. The zero-order chi connectivity index (χ0) is 14.0. The molecule has 1 fully saturated rings. The molecule has 7 heteroatoms. The second-order valence-corrected chi connectivity index (χ2v) is 5.51. The summed E-state index contributed by atoms with van der Waals surface area (Å²) in [5.74, 6) is 0.463. The summed E-state index contributed by atoms with van der Waals surface area (Å²) in [5.41, 5.74) is 0. The van der Waals surface area contributed by atoms with Crippen LogP contribution in [0.3, 0.4) is 0 Å². The lowest BCUT2D eigenvalue weighted by atomic mass is 9.99. The van der Waals surface area contributed by atoms with Crippen molar-refractivity contribution >= 4 is 22.6 Å². The van der Waals surface area contributed by atoms with Gasteiger partial charge in [-0.2, -0.15) is 0 Å². The number of rotatable bonds is 3. The van der Waals surface area contributed by atoms with E-state index in [0.29, 0.717) is 5.75 Å². The van der Waals surface area contributed by atoms with Crippen molar-refractivity contribution in [1.82, 2.24) is 0 Å². The minimum Gasteiger partial charge on any atom is -0.462 e. The van der Waals surface area contributed by atoms with Crippen LogP contribution in [0.4, 0.5) is 0 Å². The van der Waals surface area contributed by atoms with E-state index in [4.69, 9.17) is 14.6 Å². The van der Waals surface area contributed by atoms with Crippen molar-refractivity contribution in [2.75, 3.05) is 6.61 Å². The highest BCUT2D eigenvalue weighted by molar-refractivity contribution is 14.1. The number of aliphatic hydroxyl groups is 4. The molecule has 1 aliphatic rings. The Bertz CT molecular complexity index is 409. The highest BCUT2D eigenvalue weighted by Gasteiger charge is 2.44. The molecule has 6 nitrogen and oxygen atoms in total. The first kappa shape index (κ1) is 14.9. The first-order valence-corrected chi connectivity index (χ1v) is 6.83. The molecule has 4 N–H and O–H groups in total. The van der Waals surface area contributed by atoms with Crippen molar-refractivity contribution in [2.45, 2.75) is 30.7 Å². The Kier molecular flexibility index (Phi) is 4.98. The van der Waals surface area contributed by atoms with Gasteiger partial charge in [0.1, 0.15) is 30.2 Å². The van der Waals surface area contributed by atoms with E-state index in [1.165, 1.54) is 0 Å². The molecule has 0 aliphatic carbocycles. The molecule has 1 saturated heterocycles. The molecule has 1 heterocycles. The molecule has 0 spiro atoms. The fraction of sp³-hybridized carbons (Fsp3) is 0.500. The third-order valence-corrected chi connectivity index (χ3v) is 3.63. The largest absolute Gasteiger partial charge is 0.462 e. The second kappa shape index (κ2) is 6.33. The van der Waals surface area contributed by atoms with Gasteiger partial charge in [-0.15, -0.1) is 0 Å². The van der Waals surface area contributed by atoms with Crippen LogP contribution >= 0.6 is 22.6 Å². The van der Waals surface area contributed by atoms with Crippen LogP contribution in [0, 0.1) is 3.57 Å². The normalized spacial score (nSPS) is 35.1. The van der Waals surface area contributed by atoms with Crippen LogP contribution in [0.2, 0.25) is 0 Å². The van der Waals surface area contributed by atoms with Gasteiger partial charge in [0.05, 0.1) is 6.61 Å². The lowest BCUT2D eigenvalue weighted by Gasteiger charge is -2.39. The predicted octanol–water partition coefficient (Wildman–Crippen LogP) is -0.530. The third-order valence-electron chi connectivity index (χ3n) is 2.91. The average molecular weight is 382 g/mol. The number of ether oxygens (including phenoxy) is 2. The van der Waals surface area contributed by atoms with Gasteiger partial charge in [0, 0.05) is 3.57 Å². The van der Waals surface area contributed by atoms with Crippen LogP contribution in [0.1, 0.15) is 0 Å². The zero-order valence-corrected chi connectivity index (χ0v) is 12.0. The second-order valence-electron chi connectivity index (χ2n) is 4.27. The first-order chi connectivity index (χ1) is 9.02. The molecule has 19 heavy (non-hydrogen) atoms. The lowest BCUT2D eigenvalue weighted by Crippen LogP contribution is -2.60. The molecule has 0 radical (unpaired) electrons. The fourth-order valence-electron chi connectivity index (χ4n) is 1.81. The van der Waals surface area contributed by atoms with Crippen molar-refractivity contribution in [3.63, 3.8) is 0 Å². The number of hydrogen-bond acceptors (Lipinski definition) is 6. The maximum Gasteiger partial charge on any atom is 0.229 e. The van der Waals surface area contributed by atoms with Crippen LogP contribution < -0.4 is 4.74 Å². The molecule has 1 unspecified atom stereocenters. The van der Waals surface area contributed by atoms with E-state index >= 15 is 0 Å². The van der Waals surface area contributed by atoms with Gasteiger partial charge >= 0.3 is 0 Å². The molecule has 1 aliphatic heterocycles. The van der Waals surface area contributed by atoms with Crippen molar-refractivity contribution < 1.29 is 29.9 Å². The molecular formula is C12H15IO6. The molecule has 1 aromatic rings. The molecule has 1 aromatic carbocycles. The van der Waals surface area contributed by atoms with E-state index in [-0.39, 0.29) is 0 Å². The standard InChI is InChI=1S/C12H15IO6/c13-6-1-3-7(4-2-6)18-12-11(17)10(16)9(15)8(5-14)19-12/h1-4,8-12,14-17H,5H2/t8-,9+,10+,11-,12?/m1/s1. The van der Waals surface area contributed by atoms with Crippen LogP contribution in [0.5, 0.6) is 5.75 Å². The van der Waals surface area contributed by atoms with E-state index in [1.807, 2.05) is 12.1 Å². The summed E-state index contributed by atoms with van der Waals surface area (Å²) in [7, 11) is 0. The molecule has 0 aromatic heterocycles. The summed E-state index contributed by atoms with van der Waals surface area (Å²) in [6, 6.07) is 7.03. The van der Waals surface area contributed by atoms with E-state index in [2.05, 4.69) is 22.6 Å². The minimum absolute atomic E-state index is 0.463. The number of benzene rings is 1. The van der Waals surface area contributed by atoms with Gasteiger partial charge in [-0.25, -0.2) is 0 Å². The summed E-state index contributed by atoms with van der Waals surface area (Å²) in [5, 5.41) is 38.1. The first-order valence-electron chi connectivity index (χ1n) is 5.75. The quantitative estimate of drug-likeness (QED) is 0.525. The topological polar surface area (TPSA) is 99.4 Å². The average Bonchev–Trinajstić information content (AvgIpc) is 2.42. The minimum atomic E-state index is -1.43. The summed E-state index contributed by atoms with van der Waals surface area (Å²) in [6.07, 6.45) is -6.31. The van der Waals surface area contributed by atoms with Gasteiger partial charge in [-0.05, 0) is 46.9 Å². The van der Waals surface area contributed by atoms with E-state index in [9.17, 15) is 15.3 Å². The number of hydrogen-bond donors (Lipinski definition) is 4. The summed E-state index contributed by atoms with van der Waals surface area (Å²) in [6.45, 7) is -0.475. The maximum atomic E-state index is 9.79. The Hall–Kier alpha value is -0.450. The summed E-state index contributed by atoms with van der Waals surface area (Å²) >= 11 is 2.14. The molecule has 106 valence electrons. The smallest absolute Gasteiger partial charge is 0.229 e. The fourth-order valence-corrected chi connectivity index (χ4v) is 2.17. The molecule has 0 bridgehead atoms. The van der Waals surface area contributed by atoms with E-state index in [1.54, 1.807) is 12.1 Å². The Balaban J connectivity index is 2.08. The predicted molar refractivity (Wildman–Crippen MR) is 73.6 cm³/mol. The lowest BCUT2D eigenvalue weighted by molar-refractivity contribution is -0.277. The van der Waals surface area contributed by atoms with Crippen LogP contribution in [-0.4, -0.2) is 57.7 Å². The Labute approximate surface area is 123 Å². The Morgan fingerprint density at radius 1 is 1.05 bits per heavy atom. The highest BCUT2D eigenvalue weighted by atomic mass is 127. The number of halogens is 1. The molecule has 5 atom stereocenters. The molecule has 0 amide bonds. The van der Waals surface area contributed by atoms with Crippen LogP contribution in [0.15, 0.2) is 24.3 Å². The van der Waals surface area contributed by atoms with Crippen LogP contribution in [-0.2, 0) is 4.74 Å². The van der Waals surface area contributed by atoms with Gasteiger partial charge < -0.3 is 29.9 Å². The van der Waals surface area contributed by atoms with Gasteiger partial charge in [0.2, 0.25) is 6.29 Å². The van der Waals surface area contributed by atoms with Crippen molar-refractivity contribution in [1.29, 1.82) is 0 Å². The number of aliphatic hydroxyl groups excluding tert-OH is 4. The van der Waals surface area contributed by atoms with Crippen molar-refractivity contribution in [2.24, 2.45) is 0 Å². The molecule has 0 saturated carbocycles.